The SMILES string of the molecule is COC(=O)c1ccc(C(=O)OC)c(NC(=O)NCc2ccccc2OC)c1. The average Bonchev–Trinajstić information content (AvgIpc) is 2.71. The summed E-state index contributed by atoms with van der Waals surface area (Å²) in [7, 11) is 4.01. The Morgan fingerprint density at radius 2 is 1.63 bits per heavy atom. The lowest BCUT2D eigenvalue weighted by Gasteiger charge is -2.13. The molecule has 0 aliphatic rings. The summed E-state index contributed by atoms with van der Waals surface area (Å²) in [6, 6.07) is 10.8. The fraction of sp³-hybridized carbons (Fsp3) is 0.211. The van der Waals surface area contributed by atoms with Gasteiger partial charge < -0.3 is 24.8 Å². The number of esters is 2. The molecule has 142 valence electrons. The van der Waals surface area contributed by atoms with Crippen LogP contribution in [-0.2, 0) is 16.0 Å². The maximum Gasteiger partial charge on any atom is 0.339 e. The summed E-state index contributed by atoms with van der Waals surface area (Å²) in [6.45, 7) is 0.208. The summed E-state index contributed by atoms with van der Waals surface area (Å²) >= 11 is 0. The molecule has 2 aromatic carbocycles. The van der Waals surface area contributed by atoms with Crippen LogP contribution >= 0.6 is 0 Å². The number of carbonyl (C=O) groups is 3. The summed E-state index contributed by atoms with van der Waals surface area (Å²) in [5, 5.41) is 5.22. The van der Waals surface area contributed by atoms with Gasteiger partial charge in [0.1, 0.15) is 5.75 Å². The summed E-state index contributed by atoms with van der Waals surface area (Å²) in [5.74, 6) is -0.601. The van der Waals surface area contributed by atoms with Gasteiger partial charge in [-0.3, -0.25) is 0 Å². The van der Waals surface area contributed by atoms with Crippen LogP contribution in [0.15, 0.2) is 42.5 Å². The maximum absolute atomic E-state index is 12.3. The molecule has 0 spiro atoms. The van der Waals surface area contributed by atoms with Gasteiger partial charge in [0.15, 0.2) is 0 Å². The minimum absolute atomic E-state index is 0.109. The molecule has 8 heteroatoms. The Morgan fingerprint density at radius 1 is 0.926 bits per heavy atom. The lowest BCUT2D eigenvalue weighted by molar-refractivity contribution is 0.0587. The summed E-state index contributed by atoms with van der Waals surface area (Å²) < 4.78 is 14.6. The Hall–Kier alpha value is -3.55. The second kappa shape index (κ2) is 9.23. The molecule has 0 saturated carbocycles. The molecule has 2 N–H and O–H groups in total. The van der Waals surface area contributed by atoms with Crippen molar-refractivity contribution >= 4 is 23.7 Å². The number of carbonyl (C=O) groups excluding carboxylic acids is 3. The highest BCUT2D eigenvalue weighted by Crippen LogP contribution is 2.20. The zero-order chi connectivity index (χ0) is 19.8. The lowest BCUT2D eigenvalue weighted by Crippen LogP contribution is -2.29. The third kappa shape index (κ3) is 4.97. The van der Waals surface area contributed by atoms with E-state index in [4.69, 9.17) is 9.47 Å². The first-order valence-corrected chi connectivity index (χ1v) is 7.97. The first-order chi connectivity index (χ1) is 13.0. The van der Waals surface area contributed by atoms with Crippen molar-refractivity contribution in [2.45, 2.75) is 6.54 Å². The predicted molar refractivity (Wildman–Crippen MR) is 98.0 cm³/mol. The van der Waals surface area contributed by atoms with E-state index >= 15 is 0 Å². The van der Waals surface area contributed by atoms with Crippen molar-refractivity contribution in [3.8, 4) is 5.75 Å². The average molecular weight is 372 g/mol. The molecular formula is C19H20N2O6. The number of ether oxygens (including phenoxy) is 3. The molecule has 2 amide bonds. The number of amides is 2. The normalized spacial score (nSPS) is 9.89. The van der Waals surface area contributed by atoms with Crippen LogP contribution in [-0.4, -0.2) is 39.3 Å². The second-order valence-electron chi connectivity index (χ2n) is 5.36. The van der Waals surface area contributed by atoms with Crippen molar-refractivity contribution in [2.24, 2.45) is 0 Å². The highest BCUT2D eigenvalue weighted by Gasteiger charge is 2.17. The molecule has 0 heterocycles. The summed E-state index contributed by atoms with van der Waals surface area (Å²) in [4.78, 5) is 35.9. The number of urea groups is 1. The van der Waals surface area contributed by atoms with Gasteiger partial charge in [-0.15, -0.1) is 0 Å². The van der Waals surface area contributed by atoms with Gasteiger partial charge in [0.2, 0.25) is 0 Å². The Labute approximate surface area is 156 Å². The number of methoxy groups -OCH3 is 3. The minimum Gasteiger partial charge on any atom is -0.496 e. The molecule has 0 saturated heterocycles. The third-order valence-electron chi connectivity index (χ3n) is 3.73. The Morgan fingerprint density at radius 3 is 2.30 bits per heavy atom. The topological polar surface area (TPSA) is 103 Å². The van der Waals surface area contributed by atoms with E-state index in [0.717, 1.165) is 5.56 Å². The maximum atomic E-state index is 12.3. The number of hydrogen-bond donors (Lipinski definition) is 2. The van der Waals surface area contributed by atoms with E-state index in [9.17, 15) is 14.4 Å². The monoisotopic (exact) mass is 372 g/mol. The Balaban J connectivity index is 2.17. The largest absolute Gasteiger partial charge is 0.496 e. The van der Waals surface area contributed by atoms with E-state index in [2.05, 4.69) is 15.4 Å². The molecule has 0 aliphatic heterocycles. The zero-order valence-corrected chi connectivity index (χ0v) is 15.2. The van der Waals surface area contributed by atoms with Crippen LogP contribution in [0.2, 0.25) is 0 Å². The van der Waals surface area contributed by atoms with Crippen LogP contribution in [0.3, 0.4) is 0 Å². The molecule has 27 heavy (non-hydrogen) atoms. The van der Waals surface area contributed by atoms with Gasteiger partial charge in [0.25, 0.3) is 0 Å². The number of rotatable bonds is 6. The van der Waals surface area contributed by atoms with Crippen LogP contribution in [0, 0.1) is 0 Å². The molecule has 0 atom stereocenters. The summed E-state index contributed by atoms with van der Waals surface area (Å²) in [6.07, 6.45) is 0. The fourth-order valence-corrected chi connectivity index (χ4v) is 2.37. The highest BCUT2D eigenvalue weighted by atomic mass is 16.5. The van der Waals surface area contributed by atoms with Gasteiger partial charge in [0, 0.05) is 12.1 Å². The molecule has 2 rings (SSSR count). The van der Waals surface area contributed by atoms with Crippen molar-refractivity contribution < 1.29 is 28.6 Å². The van der Waals surface area contributed by atoms with Crippen molar-refractivity contribution in [3.05, 3.63) is 59.2 Å². The van der Waals surface area contributed by atoms with Crippen molar-refractivity contribution in [3.63, 3.8) is 0 Å². The number of para-hydroxylation sites is 1. The van der Waals surface area contributed by atoms with Gasteiger partial charge >= 0.3 is 18.0 Å². The smallest absolute Gasteiger partial charge is 0.339 e. The highest BCUT2D eigenvalue weighted by molar-refractivity contribution is 6.03. The fourth-order valence-electron chi connectivity index (χ4n) is 2.37. The van der Waals surface area contributed by atoms with E-state index < -0.39 is 18.0 Å². The van der Waals surface area contributed by atoms with E-state index in [1.165, 1.54) is 32.4 Å². The van der Waals surface area contributed by atoms with Crippen LogP contribution in [0.1, 0.15) is 26.3 Å². The number of anilines is 1. The Bertz CT molecular complexity index is 850. The molecule has 0 aliphatic carbocycles. The van der Waals surface area contributed by atoms with Crippen molar-refractivity contribution in [1.29, 1.82) is 0 Å². The summed E-state index contributed by atoms with van der Waals surface area (Å²) in [5.41, 5.74) is 1.21. The number of benzene rings is 2. The van der Waals surface area contributed by atoms with Crippen LogP contribution < -0.4 is 15.4 Å². The standard InChI is InChI=1S/C19H20N2O6/c1-25-16-7-5-4-6-13(16)11-20-19(24)21-15-10-12(17(22)26-2)8-9-14(15)18(23)27-3/h4-10H,11H2,1-3H3,(H2,20,21,24). The third-order valence-corrected chi connectivity index (χ3v) is 3.73. The zero-order valence-electron chi connectivity index (χ0n) is 15.2. The van der Waals surface area contributed by atoms with Crippen molar-refractivity contribution in [1.82, 2.24) is 5.32 Å². The first-order valence-electron chi connectivity index (χ1n) is 7.97. The lowest BCUT2D eigenvalue weighted by atomic mass is 10.1. The van der Waals surface area contributed by atoms with Gasteiger partial charge in [-0.2, -0.15) is 0 Å². The minimum atomic E-state index is -0.647. The van der Waals surface area contributed by atoms with Crippen LogP contribution in [0.25, 0.3) is 0 Å². The predicted octanol–water partition coefficient (Wildman–Crippen LogP) is 2.59. The van der Waals surface area contributed by atoms with Crippen LogP contribution in [0.5, 0.6) is 5.75 Å². The van der Waals surface area contributed by atoms with E-state index in [-0.39, 0.29) is 23.4 Å². The molecule has 8 nitrogen and oxygen atoms in total. The quantitative estimate of drug-likeness (QED) is 0.756. The van der Waals surface area contributed by atoms with E-state index in [1.54, 1.807) is 13.2 Å². The molecule has 0 aromatic heterocycles. The Kier molecular flexibility index (Phi) is 6.76. The molecule has 0 bridgehead atoms. The van der Waals surface area contributed by atoms with E-state index in [0.29, 0.717) is 5.75 Å². The first kappa shape index (κ1) is 19.8. The van der Waals surface area contributed by atoms with Gasteiger partial charge in [-0.05, 0) is 24.3 Å². The molecule has 0 radical (unpaired) electrons. The molecular weight excluding hydrogens is 352 g/mol. The molecule has 0 unspecified atom stereocenters. The number of hydrogen-bond acceptors (Lipinski definition) is 6. The van der Waals surface area contributed by atoms with Gasteiger partial charge in [-0.25, -0.2) is 14.4 Å². The van der Waals surface area contributed by atoms with Crippen LogP contribution in [0.4, 0.5) is 10.5 Å². The van der Waals surface area contributed by atoms with Gasteiger partial charge in [0.05, 0.1) is 38.1 Å². The number of nitrogens with one attached hydrogen (secondary N) is 2. The molecule has 2 aromatic rings. The molecule has 0 fully saturated rings. The second-order valence-corrected chi connectivity index (χ2v) is 5.36. The van der Waals surface area contributed by atoms with Gasteiger partial charge in [-0.1, -0.05) is 18.2 Å². The van der Waals surface area contributed by atoms with E-state index in [1.807, 2.05) is 18.2 Å². The van der Waals surface area contributed by atoms with Crippen molar-refractivity contribution in [2.75, 3.05) is 26.6 Å².